The first-order valence-electron chi connectivity index (χ1n) is 7.12. The second-order valence-corrected chi connectivity index (χ2v) is 5.46. The average Bonchev–Trinajstić information content (AvgIpc) is 2.86. The Morgan fingerprint density at radius 3 is 3.15 bits per heavy atom. The minimum Gasteiger partial charge on any atom is -0.314 e. The second kappa shape index (κ2) is 4.44. The van der Waals surface area contributed by atoms with Crippen LogP contribution in [0.1, 0.15) is 42.3 Å². The van der Waals surface area contributed by atoms with E-state index in [9.17, 15) is 4.79 Å². The molecule has 1 amide bonds. The predicted octanol–water partition coefficient (Wildman–Crippen LogP) is 2.09. The monoisotopic (exact) mass is 268 g/mol. The summed E-state index contributed by atoms with van der Waals surface area (Å²) in [5.74, 6) is 2.12. The van der Waals surface area contributed by atoms with Crippen molar-refractivity contribution in [1.29, 1.82) is 0 Å². The fraction of sp³-hybridized carbons (Fsp3) is 0.400. The minimum absolute atomic E-state index is 0.0329. The molecule has 5 heteroatoms. The van der Waals surface area contributed by atoms with Crippen molar-refractivity contribution in [1.82, 2.24) is 14.5 Å². The van der Waals surface area contributed by atoms with Crippen molar-refractivity contribution in [3.8, 4) is 0 Å². The number of anilines is 1. The van der Waals surface area contributed by atoms with Crippen molar-refractivity contribution < 1.29 is 4.79 Å². The first-order valence-corrected chi connectivity index (χ1v) is 7.12. The summed E-state index contributed by atoms with van der Waals surface area (Å²) >= 11 is 0. The summed E-state index contributed by atoms with van der Waals surface area (Å²) in [6, 6.07) is 3.94. The maximum absolute atomic E-state index is 12.0. The van der Waals surface area contributed by atoms with Gasteiger partial charge in [0.15, 0.2) is 0 Å². The molecular weight excluding hydrogens is 252 g/mol. The second-order valence-electron chi connectivity index (χ2n) is 5.46. The molecule has 5 nitrogen and oxygen atoms in total. The van der Waals surface area contributed by atoms with Gasteiger partial charge in [-0.3, -0.25) is 9.78 Å². The van der Waals surface area contributed by atoms with Crippen LogP contribution in [-0.2, 0) is 17.8 Å². The van der Waals surface area contributed by atoms with E-state index in [1.165, 1.54) is 6.42 Å². The molecule has 0 fully saturated rings. The van der Waals surface area contributed by atoms with Crippen LogP contribution in [0.4, 0.5) is 5.82 Å². The van der Waals surface area contributed by atoms with Gasteiger partial charge in [-0.05, 0) is 24.5 Å². The van der Waals surface area contributed by atoms with Gasteiger partial charge in [0.25, 0.3) is 0 Å². The molecule has 20 heavy (non-hydrogen) atoms. The van der Waals surface area contributed by atoms with E-state index in [1.807, 2.05) is 18.3 Å². The number of fused-ring (bicyclic) bond motifs is 3. The number of hydrogen-bond donors (Lipinski definition) is 1. The third kappa shape index (κ3) is 1.73. The minimum atomic E-state index is 0.0329. The molecule has 4 rings (SSSR count). The lowest BCUT2D eigenvalue weighted by molar-refractivity contribution is -0.116. The molecule has 2 aromatic heterocycles. The van der Waals surface area contributed by atoms with Gasteiger partial charge in [0.1, 0.15) is 11.6 Å². The van der Waals surface area contributed by atoms with E-state index < -0.39 is 0 Å². The molecular formula is C15H16N4O. The van der Waals surface area contributed by atoms with Gasteiger partial charge in [-0.2, -0.15) is 0 Å². The van der Waals surface area contributed by atoms with Crippen LogP contribution in [0.2, 0.25) is 0 Å². The summed E-state index contributed by atoms with van der Waals surface area (Å²) in [5.41, 5.74) is 2.08. The molecule has 0 aromatic carbocycles. The number of imidazole rings is 1. The molecule has 4 heterocycles. The lowest BCUT2D eigenvalue weighted by atomic mass is 9.91. The summed E-state index contributed by atoms with van der Waals surface area (Å²) in [5, 5.41) is 3.01. The number of aromatic nitrogens is 3. The van der Waals surface area contributed by atoms with Crippen molar-refractivity contribution in [2.75, 3.05) is 5.32 Å². The Balaban J connectivity index is 1.85. The van der Waals surface area contributed by atoms with Crippen LogP contribution in [0.5, 0.6) is 0 Å². The number of nitrogens with one attached hydrogen (secondary N) is 1. The summed E-state index contributed by atoms with van der Waals surface area (Å²) in [6.07, 6.45) is 7.39. The van der Waals surface area contributed by atoms with E-state index in [1.54, 1.807) is 6.20 Å². The lowest BCUT2D eigenvalue weighted by Crippen LogP contribution is -2.25. The average molecular weight is 268 g/mol. The molecule has 0 bridgehead atoms. The number of carbonyl (C=O) groups is 1. The van der Waals surface area contributed by atoms with Crippen LogP contribution in [0.15, 0.2) is 24.5 Å². The zero-order valence-corrected chi connectivity index (χ0v) is 11.2. The van der Waals surface area contributed by atoms with Crippen LogP contribution in [0.3, 0.4) is 0 Å². The van der Waals surface area contributed by atoms with E-state index >= 15 is 0 Å². The molecule has 2 aromatic rings. The molecule has 0 aliphatic carbocycles. The van der Waals surface area contributed by atoms with Crippen molar-refractivity contribution in [2.24, 2.45) is 0 Å². The van der Waals surface area contributed by atoms with E-state index in [2.05, 4.69) is 14.9 Å². The van der Waals surface area contributed by atoms with Crippen molar-refractivity contribution >= 4 is 11.7 Å². The Bertz CT molecular complexity index is 662. The van der Waals surface area contributed by atoms with E-state index in [-0.39, 0.29) is 11.8 Å². The molecule has 2 aliphatic heterocycles. The fourth-order valence-electron chi connectivity index (χ4n) is 3.20. The Morgan fingerprint density at radius 2 is 2.30 bits per heavy atom. The van der Waals surface area contributed by atoms with E-state index in [4.69, 9.17) is 4.98 Å². The topological polar surface area (TPSA) is 59.8 Å². The maximum atomic E-state index is 12.0. The van der Waals surface area contributed by atoms with Crippen molar-refractivity contribution in [2.45, 2.75) is 38.1 Å². The third-order valence-corrected chi connectivity index (χ3v) is 4.17. The molecule has 2 aliphatic rings. The number of aryl methyl sites for hydroxylation is 1. The van der Waals surface area contributed by atoms with Crippen molar-refractivity contribution in [3.05, 3.63) is 41.6 Å². The fourth-order valence-corrected chi connectivity index (χ4v) is 3.20. The van der Waals surface area contributed by atoms with Crippen molar-refractivity contribution in [3.63, 3.8) is 0 Å². The first kappa shape index (κ1) is 11.6. The zero-order chi connectivity index (χ0) is 13.5. The first-order chi connectivity index (χ1) is 9.83. The normalized spacial score (nSPS) is 21.0. The highest BCUT2D eigenvalue weighted by molar-refractivity contribution is 5.94. The smallest absolute Gasteiger partial charge is 0.226 e. The summed E-state index contributed by atoms with van der Waals surface area (Å²) in [4.78, 5) is 21.0. The van der Waals surface area contributed by atoms with Crippen LogP contribution in [0, 0.1) is 0 Å². The number of hydrogen-bond acceptors (Lipinski definition) is 3. The van der Waals surface area contributed by atoms with Crippen LogP contribution in [0.25, 0.3) is 0 Å². The SMILES string of the molecule is O=C1CC(c2cccnc2)c2nc3n(c2N1)CCCC3. The Kier molecular flexibility index (Phi) is 2.58. The molecule has 1 N–H and O–H groups in total. The molecule has 1 atom stereocenters. The van der Waals surface area contributed by atoms with Crippen LogP contribution >= 0.6 is 0 Å². The highest BCUT2D eigenvalue weighted by Crippen LogP contribution is 2.38. The van der Waals surface area contributed by atoms with Gasteiger partial charge < -0.3 is 9.88 Å². The Labute approximate surface area is 117 Å². The summed E-state index contributed by atoms with van der Waals surface area (Å²) < 4.78 is 2.18. The third-order valence-electron chi connectivity index (χ3n) is 4.17. The van der Waals surface area contributed by atoms with Gasteiger partial charge in [-0.25, -0.2) is 4.98 Å². The van der Waals surface area contributed by atoms with Crippen LogP contribution < -0.4 is 5.32 Å². The molecule has 0 radical (unpaired) electrons. The number of carbonyl (C=O) groups excluding carboxylic acids is 1. The number of amides is 1. The highest BCUT2D eigenvalue weighted by Gasteiger charge is 2.33. The molecule has 1 unspecified atom stereocenters. The van der Waals surface area contributed by atoms with Gasteiger partial charge in [0.05, 0.1) is 5.69 Å². The van der Waals surface area contributed by atoms with Gasteiger partial charge >= 0.3 is 0 Å². The zero-order valence-electron chi connectivity index (χ0n) is 11.2. The molecule has 102 valence electrons. The highest BCUT2D eigenvalue weighted by atomic mass is 16.1. The van der Waals surface area contributed by atoms with Gasteiger partial charge in [-0.15, -0.1) is 0 Å². The van der Waals surface area contributed by atoms with E-state index in [0.29, 0.717) is 6.42 Å². The molecule has 0 spiro atoms. The van der Waals surface area contributed by atoms with E-state index in [0.717, 1.165) is 42.3 Å². The Morgan fingerprint density at radius 1 is 1.35 bits per heavy atom. The number of rotatable bonds is 1. The lowest BCUT2D eigenvalue weighted by Gasteiger charge is -2.23. The maximum Gasteiger partial charge on any atom is 0.226 e. The predicted molar refractivity (Wildman–Crippen MR) is 74.5 cm³/mol. The quantitative estimate of drug-likeness (QED) is 0.861. The van der Waals surface area contributed by atoms with Gasteiger partial charge in [-0.1, -0.05) is 6.07 Å². The molecule has 0 saturated heterocycles. The number of pyridine rings is 1. The standard InChI is InChI=1S/C15H16N4O/c20-13-8-11(10-4-3-6-16-9-10)14-15(18-13)19-7-2-1-5-12(19)17-14/h3-4,6,9,11H,1-2,5,7-8H2,(H,18,20). The summed E-state index contributed by atoms with van der Waals surface area (Å²) in [7, 11) is 0. The largest absolute Gasteiger partial charge is 0.314 e. The van der Waals surface area contributed by atoms with Crippen LogP contribution in [-0.4, -0.2) is 20.4 Å². The van der Waals surface area contributed by atoms with Gasteiger partial charge in [0, 0.05) is 37.7 Å². The summed E-state index contributed by atoms with van der Waals surface area (Å²) in [6.45, 7) is 0.956. The Hall–Kier alpha value is -2.17. The number of nitrogens with zero attached hydrogens (tertiary/aromatic N) is 3. The van der Waals surface area contributed by atoms with Gasteiger partial charge in [0.2, 0.25) is 5.91 Å². The molecule has 0 saturated carbocycles.